The molecule has 4 rings (SSSR count). The van der Waals surface area contributed by atoms with Crippen molar-refractivity contribution in [2.45, 2.75) is 32.1 Å². The molecule has 21 heavy (non-hydrogen) atoms. The lowest BCUT2D eigenvalue weighted by Crippen LogP contribution is -2.29. The molecule has 6 atom stereocenters. The van der Waals surface area contributed by atoms with Gasteiger partial charge in [0.05, 0.1) is 0 Å². The first-order valence-electron chi connectivity index (χ1n) is 8.37. The fourth-order valence-corrected chi connectivity index (χ4v) is 5.26. The molecule has 6 unspecified atom stereocenters. The van der Waals surface area contributed by atoms with E-state index in [0.29, 0.717) is 11.8 Å². The van der Waals surface area contributed by atoms with E-state index in [1.54, 1.807) is 11.1 Å². The molecule has 0 nitrogen and oxygen atoms in total. The molecule has 0 radical (unpaired) electrons. The molecule has 2 aromatic rings. The maximum absolute atomic E-state index is 2.48. The summed E-state index contributed by atoms with van der Waals surface area (Å²) in [5.74, 6) is 4.87. The molecule has 2 aromatic carbocycles. The molecule has 0 aromatic heterocycles. The highest BCUT2D eigenvalue weighted by Gasteiger charge is 2.55. The van der Waals surface area contributed by atoms with Crippen LogP contribution in [0, 0.1) is 23.7 Å². The fraction of sp³-hybridized carbons (Fsp3) is 0.429. The fourth-order valence-electron chi connectivity index (χ4n) is 5.26. The molecule has 0 aliphatic heterocycles. The predicted octanol–water partition coefficient (Wildman–Crippen LogP) is 5.48. The summed E-state index contributed by atoms with van der Waals surface area (Å²) in [6.07, 6.45) is 1.42. The van der Waals surface area contributed by atoms with Crippen molar-refractivity contribution >= 4 is 0 Å². The van der Waals surface area contributed by atoms with Crippen LogP contribution in [-0.4, -0.2) is 0 Å². The summed E-state index contributed by atoms with van der Waals surface area (Å²) >= 11 is 0. The first-order valence-corrected chi connectivity index (χ1v) is 8.37. The Hall–Kier alpha value is -1.56. The van der Waals surface area contributed by atoms with E-state index in [0.717, 1.165) is 23.7 Å². The second-order valence-electron chi connectivity index (χ2n) is 7.15. The van der Waals surface area contributed by atoms with E-state index < -0.39 is 0 Å². The Balaban J connectivity index is 1.79. The van der Waals surface area contributed by atoms with Crippen molar-refractivity contribution in [2.75, 3.05) is 0 Å². The summed E-state index contributed by atoms with van der Waals surface area (Å²) in [6, 6.07) is 22.5. The minimum atomic E-state index is 0.713. The van der Waals surface area contributed by atoms with Crippen LogP contribution < -0.4 is 0 Å². The van der Waals surface area contributed by atoms with E-state index >= 15 is 0 Å². The summed E-state index contributed by atoms with van der Waals surface area (Å²) in [5, 5.41) is 0. The summed E-state index contributed by atoms with van der Waals surface area (Å²) in [5.41, 5.74) is 3.11. The van der Waals surface area contributed by atoms with Crippen LogP contribution in [0.2, 0.25) is 0 Å². The van der Waals surface area contributed by atoms with Crippen LogP contribution in [0.25, 0.3) is 0 Å². The molecule has 0 amide bonds. The van der Waals surface area contributed by atoms with Gasteiger partial charge >= 0.3 is 0 Å². The van der Waals surface area contributed by atoms with Gasteiger partial charge in [0.1, 0.15) is 0 Å². The highest BCUT2D eigenvalue weighted by Crippen LogP contribution is 2.64. The van der Waals surface area contributed by atoms with Crippen molar-refractivity contribution < 1.29 is 0 Å². The Bertz CT molecular complexity index is 545. The van der Waals surface area contributed by atoms with Gasteiger partial charge in [0.15, 0.2) is 0 Å². The first kappa shape index (κ1) is 13.1. The Morgan fingerprint density at radius 2 is 1.00 bits per heavy atom. The average Bonchev–Trinajstić information content (AvgIpc) is 3.06. The van der Waals surface area contributed by atoms with E-state index in [1.807, 2.05) is 0 Å². The SMILES string of the molecule is CC1C(C)C2CC1C(c1ccccc1)C2c1ccccc1. The van der Waals surface area contributed by atoms with Gasteiger partial charge in [0.25, 0.3) is 0 Å². The Labute approximate surface area is 128 Å². The van der Waals surface area contributed by atoms with Crippen molar-refractivity contribution in [3.05, 3.63) is 71.8 Å². The molecule has 2 fully saturated rings. The van der Waals surface area contributed by atoms with Gasteiger partial charge in [-0.3, -0.25) is 0 Å². The number of hydrogen-bond acceptors (Lipinski definition) is 0. The van der Waals surface area contributed by atoms with Crippen LogP contribution in [0.15, 0.2) is 60.7 Å². The number of fused-ring (bicyclic) bond motifs is 2. The highest BCUT2D eigenvalue weighted by atomic mass is 14.6. The van der Waals surface area contributed by atoms with E-state index in [4.69, 9.17) is 0 Å². The third-order valence-electron chi connectivity index (χ3n) is 6.40. The molecule has 0 N–H and O–H groups in total. The number of hydrogen-bond donors (Lipinski definition) is 0. The van der Waals surface area contributed by atoms with Crippen molar-refractivity contribution in [2.24, 2.45) is 23.7 Å². The van der Waals surface area contributed by atoms with Crippen LogP contribution in [0.4, 0.5) is 0 Å². The molecule has 2 aliphatic rings. The van der Waals surface area contributed by atoms with Crippen molar-refractivity contribution in [1.29, 1.82) is 0 Å². The van der Waals surface area contributed by atoms with E-state index in [-0.39, 0.29) is 0 Å². The molecule has 2 saturated carbocycles. The maximum atomic E-state index is 2.48. The average molecular weight is 276 g/mol. The van der Waals surface area contributed by atoms with Gasteiger partial charge in [-0.1, -0.05) is 74.5 Å². The standard InChI is InChI=1S/C21H24/c1-14-15(2)19-13-18(14)20(16-9-5-3-6-10-16)21(19)17-11-7-4-8-12-17/h3-12,14-15,18-21H,13H2,1-2H3. The first-order chi connectivity index (χ1) is 10.3. The molecular formula is C21H24. The van der Waals surface area contributed by atoms with Gasteiger partial charge in [0.2, 0.25) is 0 Å². The van der Waals surface area contributed by atoms with Gasteiger partial charge in [-0.25, -0.2) is 0 Å². The molecule has 2 bridgehead atoms. The number of rotatable bonds is 2. The third kappa shape index (κ3) is 1.96. The zero-order chi connectivity index (χ0) is 14.4. The number of benzene rings is 2. The highest BCUT2D eigenvalue weighted by molar-refractivity contribution is 5.34. The topological polar surface area (TPSA) is 0 Å². The van der Waals surface area contributed by atoms with Crippen LogP contribution in [-0.2, 0) is 0 Å². The molecule has 0 heterocycles. The summed E-state index contributed by atoms with van der Waals surface area (Å²) in [7, 11) is 0. The van der Waals surface area contributed by atoms with Crippen LogP contribution >= 0.6 is 0 Å². The van der Waals surface area contributed by atoms with Gasteiger partial charge in [-0.2, -0.15) is 0 Å². The predicted molar refractivity (Wildman–Crippen MR) is 88.3 cm³/mol. The zero-order valence-electron chi connectivity index (χ0n) is 12.9. The van der Waals surface area contributed by atoms with E-state index in [2.05, 4.69) is 74.5 Å². The molecular weight excluding hydrogens is 252 g/mol. The van der Waals surface area contributed by atoms with Crippen molar-refractivity contribution in [3.8, 4) is 0 Å². The molecule has 0 saturated heterocycles. The lowest BCUT2D eigenvalue weighted by Gasteiger charge is -2.39. The normalized spacial score (nSPS) is 37.8. The monoisotopic (exact) mass is 276 g/mol. The Kier molecular flexibility index (Phi) is 3.14. The summed E-state index contributed by atoms with van der Waals surface area (Å²) in [6.45, 7) is 4.96. The van der Waals surface area contributed by atoms with Crippen molar-refractivity contribution in [3.63, 3.8) is 0 Å². The maximum Gasteiger partial charge on any atom is -0.00592 e. The summed E-state index contributed by atoms with van der Waals surface area (Å²) in [4.78, 5) is 0. The lowest BCUT2D eigenvalue weighted by molar-refractivity contribution is 0.204. The second-order valence-corrected chi connectivity index (χ2v) is 7.15. The van der Waals surface area contributed by atoms with E-state index in [9.17, 15) is 0 Å². The van der Waals surface area contributed by atoms with Crippen LogP contribution in [0.1, 0.15) is 43.2 Å². The third-order valence-corrected chi connectivity index (χ3v) is 6.40. The lowest BCUT2D eigenvalue weighted by atomic mass is 9.65. The van der Waals surface area contributed by atoms with Crippen LogP contribution in [0.3, 0.4) is 0 Å². The smallest absolute Gasteiger partial charge is 0.00592 e. The minimum absolute atomic E-state index is 0.713. The minimum Gasteiger partial charge on any atom is -0.0622 e. The molecule has 108 valence electrons. The second kappa shape index (κ2) is 5.02. The van der Waals surface area contributed by atoms with E-state index in [1.165, 1.54) is 6.42 Å². The van der Waals surface area contributed by atoms with Gasteiger partial charge in [0, 0.05) is 0 Å². The Morgan fingerprint density at radius 1 is 0.619 bits per heavy atom. The Morgan fingerprint density at radius 3 is 1.38 bits per heavy atom. The van der Waals surface area contributed by atoms with Gasteiger partial charge in [-0.15, -0.1) is 0 Å². The van der Waals surface area contributed by atoms with Gasteiger partial charge < -0.3 is 0 Å². The summed E-state index contributed by atoms with van der Waals surface area (Å²) < 4.78 is 0. The largest absolute Gasteiger partial charge is 0.0622 e. The molecule has 2 aliphatic carbocycles. The van der Waals surface area contributed by atoms with Crippen LogP contribution in [0.5, 0.6) is 0 Å². The zero-order valence-corrected chi connectivity index (χ0v) is 12.9. The molecule has 0 spiro atoms. The van der Waals surface area contributed by atoms with Crippen molar-refractivity contribution in [1.82, 2.24) is 0 Å². The van der Waals surface area contributed by atoms with Gasteiger partial charge in [-0.05, 0) is 53.1 Å². The molecule has 0 heteroatoms. The quantitative estimate of drug-likeness (QED) is 0.681.